The summed E-state index contributed by atoms with van der Waals surface area (Å²) in [7, 11) is 0. The van der Waals surface area contributed by atoms with Crippen molar-refractivity contribution >= 4 is 23.2 Å². The van der Waals surface area contributed by atoms with E-state index in [0.29, 0.717) is 5.75 Å². The van der Waals surface area contributed by atoms with Crippen LogP contribution in [0.4, 0.5) is 18.9 Å². The molecule has 24 heavy (non-hydrogen) atoms. The molecular weight excluding hydrogens is 343 g/mol. The number of hydrogen-bond acceptors (Lipinski definition) is 2. The van der Waals surface area contributed by atoms with Crippen molar-refractivity contribution in [1.29, 1.82) is 0 Å². The lowest BCUT2D eigenvalue weighted by Crippen LogP contribution is -2.20. The second kappa shape index (κ2) is 7.13. The van der Waals surface area contributed by atoms with Gasteiger partial charge in [0.15, 0.2) is 6.61 Å². The van der Waals surface area contributed by atoms with Crippen molar-refractivity contribution in [2.75, 3.05) is 11.9 Å². The maximum atomic E-state index is 12.8. The van der Waals surface area contributed by atoms with Gasteiger partial charge in [-0.25, -0.2) is 0 Å². The lowest BCUT2D eigenvalue weighted by atomic mass is 10.1. The van der Waals surface area contributed by atoms with Gasteiger partial charge in [0.1, 0.15) is 5.75 Å². The number of carbonyl (C=O) groups excluding carboxylic acids is 1. The molecule has 3 nitrogen and oxygen atoms in total. The molecule has 0 radical (unpaired) electrons. The molecule has 7 heteroatoms. The van der Waals surface area contributed by atoms with Crippen molar-refractivity contribution in [2.45, 2.75) is 20.0 Å². The van der Waals surface area contributed by atoms with Crippen molar-refractivity contribution in [3.8, 4) is 5.75 Å². The molecule has 0 fully saturated rings. The maximum absolute atomic E-state index is 12.8. The van der Waals surface area contributed by atoms with E-state index < -0.39 is 22.7 Å². The van der Waals surface area contributed by atoms with E-state index in [2.05, 4.69) is 5.32 Å². The van der Waals surface area contributed by atoms with Gasteiger partial charge in [-0.15, -0.1) is 0 Å². The van der Waals surface area contributed by atoms with Crippen LogP contribution in [0.5, 0.6) is 5.75 Å². The lowest BCUT2D eigenvalue weighted by Gasteiger charge is -2.13. The molecule has 1 amide bonds. The first-order chi connectivity index (χ1) is 11.2. The third-order valence-electron chi connectivity index (χ3n) is 3.26. The van der Waals surface area contributed by atoms with E-state index in [0.717, 1.165) is 23.3 Å². The molecule has 0 aromatic heterocycles. The third kappa shape index (κ3) is 4.64. The standard InChI is InChI=1S/C17H15ClF3NO2/c1-10-3-4-11(2)15(7-10)24-9-16(23)22-12-5-6-14(18)13(8-12)17(19,20)21/h3-8H,9H2,1-2H3,(H,22,23). The minimum absolute atomic E-state index is 0.00119. The first-order valence-electron chi connectivity index (χ1n) is 7.03. The second-order valence-corrected chi connectivity index (χ2v) is 5.71. The van der Waals surface area contributed by atoms with E-state index >= 15 is 0 Å². The molecule has 0 aliphatic rings. The van der Waals surface area contributed by atoms with Crippen LogP contribution in [0.15, 0.2) is 36.4 Å². The van der Waals surface area contributed by atoms with Crippen LogP contribution in [0.2, 0.25) is 5.02 Å². The van der Waals surface area contributed by atoms with Crippen molar-refractivity contribution in [3.05, 3.63) is 58.1 Å². The molecule has 128 valence electrons. The van der Waals surface area contributed by atoms with Crippen molar-refractivity contribution in [1.82, 2.24) is 0 Å². The van der Waals surface area contributed by atoms with Crippen LogP contribution < -0.4 is 10.1 Å². The molecule has 2 rings (SSSR count). The Labute approximate surface area is 142 Å². The summed E-state index contributed by atoms with van der Waals surface area (Å²) in [5.41, 5.74) is 0.835. The molecule has 0 unspecified atom stereocenters. The Balaban J connectivity index is 2.04. The third-order valence-corrected chi connectivity index (χ3v) is 3.59. The van der Waals surface area contributed by atoms with Crippen LogP contribution in [-0.4, -0.2) is 12.5 Å². The summed E-state index contributed by atoms with van der Waals surface area (Å²) in [4.78, 5) is 11.9. The van der Waals surface area contributed by atoms with E-state index in [1.807, 2.05) is 26.0 Å². The van der Waals surface area contributed by atoms with E-state index in [4.69, 9.17) is 16.3 Å². The van der Waals surface area contributed by atoms with Crippen molar-refractivity contribution < 1.29 is 22.7 Å². The van der Waals surface area contributed by atoms with Gasteiger partial charge in [-0.2, -0.15) is 13.2 Å². The highest BCUT2D eigenvalue weighted by Crippen LogP contribution is 2.36. The monoisotopic (exact) mass is 357 g/mol. The summed E-state index contributed by atoms with van der Waals surface area (Å²) >= 11 is 5.53. The van der Waals surface area contributed by atoms with Crippen LogP contribution in [0, 0.1) is 13.8 Å². The number of hydrogen-bond donors (Lipinski definition) is 1. The van der Waals surface area contributed by atoms with Crippen molar-refractivity contribution in [3.63, 3.8) is 0 Å². The Kier molecular flexibility index (Phi) is 5.39. The average molecular weight is 358 g/mol. The normalized spacial score (nSPS) is 11.2. The lowest BCUT2D eigenvalue weighted by molar-refractivity contribution is -0.137. The molecule has 2 aromatic carbocycles. The van der Waals surface area contributed by atoms with Gasteiger partial charge in [0.05, 0.1) is 10.6 Å². The van der Waals surface area contributed by atoms with Crippen LogP contribution in [0.3, 0.4) is 0 Å². The van der Waals surface area contributed by atoms with Gasteiger partial charge >= 0.3 is 6.18 Å². The number of carbonyl (C=O) groups is 1. The smallest absolute Gasteiger partial charge is 0.417 e. The minimum Gasteiger partial charge on any atom is -0.483 e. The minimum atomic E-state index is -4.59. The molecule has 0 saturated carbocycles. The molecule has 1 N–H and O–H groups in total. The van der Waals surface area contributed by atoms with Gasteiger partial charge < -0.3 is 10.1 Å². The van der Waals surface area contributed by atoms with Crippen LogP contribution in [0.25, 0.3) is 0 Å². The highest BCUT2D eigenvalue weighted by Gasteiger charge is 2.33. The Hall–Kier alpha value is -2.21. The Morgan fingerprint density at radius 1 is 1.17 bits per heavy atom. The van der Waals surface area contributed by atoms with Gasteiger partial charge in [0, 0.05) is 5.69 Å². The van der Waals surface area contributed by atoms with Crippen LogP contribution in [0.1, 0.15) is 16.7 Å². The fourth-order valence-corrected chi connectivity index (χ4v) is 2.25. The zero-order valence-electron chi connectivity index (χ0n) is 13.0. The molecule has 0 aliphatic heterocycles. The summed E-state index contributed by atoms with van der Waals surface area (Å²) in [6.45, 7) is 3.41. The van der Waals surface area contributed by atoms with Crippen LogP contribution >= 0.6 is 11.6 Å². The molecule has 0 saturated heterocycles. The maximum Gasteiger partial charge on any atom is 0.417 e. The molecule has 0 bridgehead atoms. The van der Waals surface area contributed by atoms with Gasteiger partial charge in [0.2, 0.25) is 0 Å². The Morgan fingerprint density at radius 3 is 2.54 bits per heavy atom. The van der Waals surface area contributed by atoms with Gasteiger partial charge in [-0.1, -0.05) is 23.7 Å². The number of rotatable bonds is 4. The van der Waals surface area contributed by atoms with E-state index in [-0.39, 0.29) is 12.3 Å². The van der Waals surface area contributed by atoms with Crippen molar-refractivity contribution in [2.24, 2.45) is 0 Å². The van der Waals surface area contributed by atoms with E-state index in [9.17, 15) is 18.0 Å². The van der Waals surface area contributed by atoms with Gasteiger partial charge in [-0.3, -0.25) is 4.79 Å². The molecule has 0 heterocycles. The molecule has 0 spiro atoms. The average Bonchev–Trinajstić information content (AvgIpc) is 2.49. The van der Waals surface area contributed by atoms with E-state index in [1.165, 1.54) is 6.07 Å². The summed E-state index contributed by atoms with van der Waals surface area (Å²) in [6.07, 6.45) is -4.59. The molecule has 2 aromatic rings. The molecule has 0 aliphatic carbocycles. The molecular formula is C17H15ClF3NO2. The SMILES string of the molecule is Cc1ccc(C)c(OCC(=O)Nc2ccc(Cl)c(C(F)(F)F)c2)c1. The predicted octanol–water partition coefficient (Wildman–Crippen LogP) is 4.99. The summed E-state index contributed by atoms with van der Waals surface area (Å²) in [5, 5.41) is 1.94. The summed E-state index contributed by atoms with van der Waals surface area (Å²) in [6, 6.07) is 8.73. The number of halogens is 4. The highest BCUT2D eigenvalue weighted by atomic mass is 35.5. The van der Waals surface area contributed by atoms with E-state index in [1.54, 1.807) is 6.07 Å². The summed E-state index contributed by atoms with van der Waals surface area (Å²) in [5.74, 6) is -0.0106. The zero-order valence-corrected chi connectivity index (χ0v) is 13.8. The second-order valence-electron chi connectivity index (χ2n) is 5.30. The first-order valence-corrected chi connectivity index (χ1v) is 7.41. The first kappa shape index (κ1) is 18.1. The van der Waals surface area contributed by atoms with Gasteiger partial charge in [-0.05, 0) is 49.2 Å². The highest BCUT2D eigenvalue weighted by molar-refractivity contribution is 6.31. The number of aryl methyl sites for hydroxylation is 2. The van der Waals surface area contributed by atoms with Crippen LogP contribution in [-0.2, 0) is 11.0 Å². The zero-order chi connectivity index (χ0) is 17.9. The predicted molar refractivity (Wildman–Crippen MR) is 86.5 cm³/mol. The topological polar surface area (TPSA) is 38.3 Å². The number of anilines is 1. The van der Waals surface area contributed by atoms with Gasteiger partial charge in [0.25, 0.3) is 5.91 Å². The number of amides is 1. The summed E-state index contributed by atoms with van der Waals surface area (Å²) < 4.78 is 43.8. The number of nitrogens with one attached hydrogen (secondary N) is 1. The Bertz CT molecular complexity index is 760. The Morgan fingerprint density at radius 2 is 1.88 bits per heavy atom. The number of alkyl halides is 3. The number of benzene rings is 2. The molecule has 0 atom stereocenters. The fourth-order valence-electron chi connectivity index (χ4n) is 2.02. The number of ether oxygens (including phenoxy) is 1. The fraction of sp³-hybridized carbons (Fsp3) is 0.235. The quantitative estimate of drug-likeness (QED) is 0.836. The largest absolute Gasteiger partial charge is 0.483 e.